The van der Waals surface area contributed by atoms with Gasteiger partial charge in [0.2, 0.25) is 11.8 Å². The van der Waals surface area contributed by atoms with E-state index in [-0.39, 0.29) is 42.8 Å². The van der Waals surface area contributed by atoms with Crippen molar-refractivity contribution in [2.24, 2.45) is 23.7 Å². The van der Waals surface area contributed by atoms with E-state index in [4.69, 9.17) is 14.6 Å². The maximum Gasteiger partial charge on any atom is 0.310 e. The van der Waals surface area contributed by atoms with Crippen molar-refractivity contribution in [1.82, 2.24) is 15.1 Å². The summed E-state index contributed by atoms with van der Waals surface area (Å²) in [4.78, 5) is 43.5. The second kappa shape index (κ2) is 12.5. The van der Waals surface area contributed by atoms with Crippen LogP contribution in [0.2, 0.25) is 0 Å². The Morgan fingerprint density at radius 2 is 1.94 bits per heavy atom. The molecule has 1 aliphatic carbocycles. The molecular formula is C24H39N3O6. The zero-order valence-corrected chi connectivity index (χ0v) is 19.9. The van der Waals surface area contributed by atoms with E-state index < -0.39 is 17.9 Å². The van der Waals surface area contributed by atoms with Crippen molar-refractivity contribution in [2.45, 2.75) is 39.2 Å². The second-order valence-corrected chi connectivity index (χ2v) is 9.13. The average molecular weight is 466 g/mol. The molecule has 0 aromatic rings. The van der Waals surface area contributed by atoms with Crippen LogP contribution in [0.5, 0.6) is 0 Å². The number of hydrogen-bond donors (Lipinski definition) is 2. The van der Waals surface area contributed by atoms with Crippen LogP contribution in [0.3, 0.4) is 0 Å². The zero-order valence-electron chi connectivity index (χ0n) is 19.9. The topological polar surface area (TPSA) is 108 Å². The molecule has 3 rings (SSSR count). The fourth-order valence-corrected chi connectivity index (χ4v) is 5.27. The smallest absolute Gasteiger partial charge is 0.310 e. The summed E-state index contributed by atoms with van der Waals surface area (Å²) in [5.41, 5.74) is 0. The minimum absolute atomic E-state index is 0.107. The Morgan fingerprint density at radius 3 is 2.64 bits per heavy atom. The minimum atomic E-state index is -0.637. The molecular weight excluding hydrogens is 426 g/mol. The Morgan fingerprint density at radius 1 is 1.18 bits per heavy atom. The molecule has 3 aliphatic rings. The second-order valence-electron chi connectivity index (χ2n) is 9.13. The molecule has 2 N–H and O–H groups in total. The highest BCUT2D eigenvalue weighted by atomic mass is 16.5. The van der Waals surface area contributed by atoms with Gasteiger partial charge in [-0.2, -0.15) is 0 Å². The number of allylic oxidation sites excluding steroid dienone is 1. The molecule has 5 atom stereocenters. The van der Waals surface area contributed by atoms with Crippen LogP contribution in [0.15, 0.2) is 12.2 Å². The molecule has 0 unspecified atom stereocenters. The summed E-state index contributed by atoms with van der Waals surface area (Å²) in [6.07, 6.45) is 6.02. The van der Waals surface area contributed by atoms with Crippen LogP contribution in [0.4, 0.5) is 0 Å². The molecule has 0 bridgehead atoms. The number of unbranched alkanes of at least 4 members (excludes halogenated alkanes) is 2. The summed E-state index contributed by atoms with van der Waals surface area (Å²) in [5, 5.41) is 12.1. The molecule has 2 amide bonds. The first-order valence-electron chi connectivity index (χ1n) is 12.3. The highest BCUT2D eigenvalue weighted by Crippen LogP contribution is 2.44. The van der Waals surface area contributed by atoms with E-state index in [9.17, 15) is 14.4 Å². The SMILES string of the molecule is CCOC(=O)[C@H]1[C@@H]2C(=O)N(CCCCCO)[C@H](C(=O)NCCN3CCOCC3)[C@H]2C=C[C@H]1C. The number of ether oxygens (including phenoxy) is 2. The van der Waals surface area contributed by atoms with Gasteiger partial charge in [-0.25, -0.2) is 0 Å². The maximum absolute atomic E-state index is 13.5. The largest absolute Gasteiger partial charge is 0.466 e. The number of carbonyl (C=O) groups is 3. The lowest BCUT2D eigenvalue weighted by molar-refractivity contribution is -0.155. The predicted molar refractivity (Wildman–Crippen MR) is 122 cm³/mol. The van der Waals surface area contributed by atoms with E-state index in [1.807, 2.05) is 19.1 Å². The van der Waals surface area contributed by atoms with Crippen LogP contribution >= 0.6 is 0 Å². The van der Waals surface area contributed by atoms with Gasteiger partial charge in [-0.15, -0.1) is 0 Å². The molecule has 2 fully saturated rings. The van der Waals surface area contributed by atoms with E-state index in [0.29, 0.717) is 39.1 Å². The van der Waals surface area contributed by atoms with Crippen molar-refractivity contribution < 1.29 is 29.0 Å². The normalized spacial score (nSPS) is 29.7. The Balaban J connectivity index is 1.73. The van der Waals surface area contributed by atoms with Crippen LogP contribution in [0.1, 0.15) is 33.1 Å². The third-order valence-electron chi connectivity index (χ3n) is 6.99. The third-order valence-corrected chi connectivity index (χ3v) is 6.99. The molecule has 0 saturated carbocycles. The maximum atomic E-state index is 13.5. The first-order chi connectivity index (χ1) is 16.0. The first kappa shape index (κ1) is 25.6. The molecule has 2 aliphatic heterocycles. The number of esters is 1. The molecule has 0 aromatic heterocycles. The van der Waals surface area contributed by atoms with Gasteiger partial charge in [0.05, 0.1) is 31.7 Å². The fourth-order valence-electron chi connectivity index (χ4n) is 5.27. The fraction of sp³-hybridized carbons (Fsp3) is 0.792. The number of fused-ring (bicyclic) bond motifs is 1. The highest BCUT2D eigenvalue weighted by Gasteiger charge is 2.56. The van der Waals surface area contributed by atoms with Gasteiger partial charge in [0.25, 0.3) is 0 Å². The van der Waals surface area contributed by atoms with Gasteiger partial charge in [-0.3, -0.25) is 19.3 Å². The molecule has 0 aromatic carbocycles. The molecule has 9 nitrogen and oxygen atoms in total. The van der Waals surface area contributed by atoms with Crippen molar-refractivity contribution in [3.63, 3.8) is 0 Å². The Labute approximate surface area is 196 Å². The zero-order chi connectivity index (χ0) is 23.8. The van der Waals surface area contributed by atoms with Crippen molar-refractivity contribution in [2.75, 3.05) is 59.2 Å². The summed E-state index contributed by atoms with van der Waals surface area (Å²) in [7, 11) is 0. The Bertz CT molecular complexity index is 708. The molecule has 2 saturated heterocycles. The van der Waals surface area contributed by atoms with E-state index in [2.05, 4.69) is 10.2 Å². The molecule has 186 valence electrons. The first-order valence-corrected chi connectivity index (χ1v) is 12.3. The van der Waals surface area contributed by atoms with Crippen molar-refractivity contribution in [1.29, 1.82) is 0 Å². The number of aliphatic hydroxyl groups excluding tert-OH is 1. The number of rotatable bonds is 11. The van der Waals surface area contributed by atoms with Gasteiger partial charge >= 0.3 is 5.97 Å². The standard InChI is InChI=1S/C24H39N3O6/c1-3-33-24(31)19-17(2)7-8-18-20(19)23(30)27(10-5-4-6-14-28)21(18)22(29)25-9-11-26-12-15-32-16-13-26/h7-8,17-21,28H,3-6,9-16H2,1-2H3,(H,25,29)/t17-,18+,19-,20-,21+/m1/s1. The number of hydrogen-bond acceptors (Lipinski definition) is 7. The monoisotopic (exact) mass is 465 g/mol. The van der Waals surface area contributed by atoms with Gasteiger partial charge in [0.1, 0.15) is 6.04 Å². The van der Waals surface area contributed by atoms with Crippen molar-refractivity contribution >= 4 is 17.8 Å². The molecule has 33 heavy (non-hydrogen) atoms. The van der Waals surface area contributed by atoms with Gasteiger partial charge < -0.3 is 24.8 Å². The number of amides is 2. The molecule has 9 heteroatoms. The number of carbonyl (C=O) groups excluding carboxylic acids is 3. The van der Waals surface area contributed by atoms with Crippen LogP contribution in [0.25, 0.3) is 0 Å². The van der Waals surface area contributed by atoms with E-state index >= 15 is 0 Å². The van der Waals surface area contributed by atoms with E-state index in [0.717, 1.165) is 26.1 Å². The van der Waals surface area contributed by atoms with Crippen molar-refractivity contribution in [3.8, 4) is 0 Å². The average Bonchev–Trinajstić information content (AvgIpc) is 3.09. The summed E-state index contributed by atoms with van der Waals surface area (Å²) in [6.45, 7) is 8.82. The molecule has 2 heterocycles. The molecule has 0 radical (unpaired) electrons. The minimum Gasteiger partial charge on any atom is -0.466 e. The Kier molecular flexibility index (Phi) is 9.70. The summed E-state index contributed by atoms with van der Waals surface area (Å²) in [6, 6.07) is -0.637. The summed E-state index contributed by atoms with van der Waals surface area (Å²) >= 11 is 0. The lowest BCUT2D eigenvalue weighted by Crippen LogP contribution is -2.49. The van der Waals surface area contributed by atoms with Gasteiger partial charge in [0, 0.05) is 45.2 Å². The number of nitrogens with one attached hydrogen (secondary N) is 1. The van der Waals surface area contributed by atoms with Crippen LogP contribution < -0.4 is 5.32 Å². The third kappa shape index (κ3) is 6.13. The van der Waals surface area contributed by atoms with Crippen molar-refractivity contribution in [3.05, 3.63) is 12.2 Å². The number of nitrogens with zero attached hydrogens (tertiary/aromatic N) is 2. The van der Waals surface area contributed by atoms with Crippen LogP contribution in [0, 0.1) is 23.7 Å². The lowest BCUT2D eigenvalue weighted by Gasteiger charge is -2.32. The summed E-state index contributed by atoms with van der Waals surface area (Å²) < 4.78 is 10.7. The number of likely N-dealkylation sites (tertiary alicyclic amines) is 1. The van der Waals surface area contributed by atoms with Gasteiger partial charge in [-0.05, 0) is 32.1 Å². The van der Waals surface area contributed by atoms with Gasteiger partial charge in [-0.1, -0.05) is 19.1 Å². The van der Waals surface area contributed by atoms with Crippen LogP contribution in [-0.4, -0.2) is 97.9 Å². The number of morpholine rings is 1. The molecule has 0 spiro atoms. The van der Waals surface area contributed by atoms with Gasteiger partial charge in [0.15, 0.2) is 0 Å². The Hall–Kier alpha value is -1.97. The number of aliphatic hydroxyl groups is 1. The predicted octanol–water partition coefficient (Wildman–Crippen LogP) is 0.426. The highest BCUT2D eigenvalue weighted by molar-refractivity contribution is 5.96. The quantitative estimate of drug-likeness (QED) is 0.259. The van der Waals surface area contributed by atoms with E-state index in [1.165, 1.54) is 0 Å². The van der Waals surface area contributed by atoms with E-state index in [1.54, 1.807) is 11.8 Å². The lowest BCUT2D eigenvalue weighted by atomic mass is 9.70. The van der Waals surface area contributed by atoms with Crippen LogP contribution in [-0.2, 0) is 23.9 Å². The summed E-state index contributed by atoms with van der Waals surface area (Å²) in [5.74, 6) is -2.35.